The average molecular weight is 277 g/mol. The third-order valence-corrected chi connectivity index (χ3v) is 3.38. The van der Waals surface area contributed by atoms with Crippen molar-refractivity contribution >= 4 is 15.9 Å². The summed E-state index contributed by atoms with van der Waals surface area (Å²) < 4.78 is 2.68. The Morgan fingerprint density at radius 2 is 2.07 bits per heavy atom. The first-order valence-corrected chi connectivity index (χ1v) is 5.83. The normalized spacial score (nSPS) is 15.3. The van der Waals surface area contributed by atoms with Gasteiger partial charge in [-0.3, -0.25) is 4.68 Å². The highest BCUT2D eigenvalue weighted by Gasteiger charge is 2.18. The van der Waals surface area contributed by atoms with Crippen LogP contribution in [0.1, 0.15) is 25.2 Å². The first kappa shape index (κ1) is 12.7. The number of aliphatic hydroxyl groups is 2. The number of aliphatic hydroxyl groups excluding tert-OH is 2. The van der Waals surface area contributed by atoms with Crippen LogP contribution in [0.2, 0.25) is 0 Å². The van der Waals surface area contributed by atoms with Crippen LogP contribution in [-0.2, 0) is 19.9 Å². The molecule has 2 unspecified atom stereocenters. The maximum atomic E-state index is 9.60. The predicted octanol–water partition coefficient (Wildman–Crippen LogP) is 1.03. The van der Waals surface area contributed by atoms with Crippen LogP contribution in [0.3, 0.4) is 0 Å². The van der Waals surface area contributed by atoms with E-state index in [0.717, 1.165) is 22.3 Å². The maximum Gasteiger partial charge on any atom is 0.0851 e. The molecule has 0 aliphatic rings. The molecule has 0 aliphatic carbocycles. The number of hydrogen-bond donors (Lipinski definition) is 2. The molecular formula is C10H17BrN2O2. The molecule has 1 aromatic heterocycles. The topological polar surface area (TPSA) is 58.3 Å². The molecule has 1 aromatic rings. The van der Waals surface area contributed by atoms with E-state index >= 15 is 0 Å². The molecule has 5 heteroatoms. The monoisotopic (exact) mass is 276 g/mol. The molecule has 0 bridgehead atoms. The SMILES string of the molecule is CCc1nn(C)c(CC(O)C(C)O)c1Br. The van der Waals surface area contributed by atoms with Gasteiger partial charge in [0.15, 0.2) is 0 Å². The summed E-state index contributed by atoms with van der Waals surface area (Å²) in [5.74, 6) is 0. The molecule has 0 aromatic carbocycles. The van der Waals surface area contributed by atoms with E-state index in [1.807, 2.05) is 14.0 Å². The Bertz CT molecular complexity index is 336. The van der Waals surface area contributed by atoms with Crippen molar-refractivity contribution in [3.63, 3.8) is 0 Å². The van der Waals surface area contributed by atoms with Crippen LogP contribution in [0.5, 0.6) is 0 Å². The number of nitrogens with zero attached hydrogens (tertiary/aromatic N) is 2. The van der Waals surface area contributed by atoms with Crippen molar-refractivity contribution in [1.29, 1.82) is 0 Å². The van der Waals surface area contributed by atoms with E-state index in [-0.39, 0.29) is 0 Å². The van der Waals surface area contributed by atoms with Crippen LogP contribution >= 0.6 is 15.9 Å². The van der Waals surface area contributed by atoms with Crippen molar-refractivity contribution in [2.24, 2.45) is 7.05 Å². The Labute approximate surface area is 98.0 Å². The zero-order chi connectivity index (χ0) is 11.6. The number of aromatic nitrogens is 2. The van der Waals surface area contributed by atoms with Crippen molar-refractivity contribution in [2.45, 2.75) is 38.9 Å². The summed E-state index contributed by atoms with van der Waals surface area (Å²) in [5.41, 5.74) is 1.89. The van der Waals surface area contributed by atoms with Gasteiger partial charge in [-0.25, -0.2) is 0 Å². The van der Waals surface area contributed by atoms with Gasteiger partial charge in [0, 0.05) is 13.5 Å². The molecule has 2 N–H and O–H groups in total. The standard InChI is InChI=1S/C10H17BrN2O2/c1-4-7-10(11)8(13(3)12-7)5-9(15)6(2)14/h6,9,14-15H,4-5H2,1-3H3. The molecule has 86 valence electrons. The molecule has 0 fully saturated rings. The lowest BCUT2D eigenvalue weighted by Gasteiger charge is -2.13. The molecule has 0 saturated carbocycles. The van der Waals surface area contributed by atoms with Gasteiger partial charge in [0.2, 0.25) is 0 Å². The van der Waals surface area contributed by atoms with Gasteiger partial charge in [-0.2, -0.15) is 5.10 Å². The summed E-state index contributed by atoms with van der Waals surface area (Å²) >= 11 is 3.46. The van der Waals surface area contributed by atoms with Gasteiger partial charge >= 0.3 is 0 Å². The second kappa shape index (κ2) is 5.09. The van der Waals surface area contributed by atoms with Crippen LogP contribution in [0.15, 0.2) is 4.47 Å². The van der Waals surface area contributed by atoms with E-state index in [1.54, 1.807) is 11.6 Å². The largest absolute Gasteiger partial charge is 0.391 e. The van der Waals surface area contributed by atoms with E-state index in [2.05, 4.69) is 21.0 Å². The van der Waals surface area contributed by atoms with Gasteiger partial charge < -0.3 is 10.2 Å². The molecule has 0 saturated heterocycles. The molecule has 4 nitrogen and oxygen atoms in total. The van der Waals surface area contributed by atoms with E-state index < -0.39 is 12.2 Å². The van der Waals surface area contributed by atoms with Crippen molar-refractivity contribution in [3.8, 4) is 0 Å². The number of rotatable bonds is 4. The highest BCUT2D eigenvalue weighted by molar-refractivity contribution is 9.10. The van der Waals surface area contributed by atoms with Crippen molar-refractivity contribution in [1.82, 2.24) is 9.78 Å². The fraction of sp³-hybridized carbons (Fsp3) is 0.700. The van der Waals surface area contributed by atoms with Crippen LogP contribution in [0.4, 0.5) is 0 Å². The summed E-state index contributed by atoms with van der Waals surface area (Å²) in [6.07, 6.45) is -0.223. The molecule has 15 heavy (non-hydrogen) atoms. The fourth-order valence-electron chi connectivity index (χ4n) is 1.41. The summed E-state index contributed by atoms with van der Waals surface area (Å²) in [5, 5.41) is 23.1. The van der Waals surface area contributed by atoms with Crippen LogP contribution in [0, 0.1) is 0 Å². The van der Waals surface area contributed by atoms with Gasteiger partial charge in [-0.05, 0) is 29.3 Å². The molecule has 0 amide bonds. The zero-order valence-electron chi connectivity index (χ0n) is 9.24. The summed E-state index contributed by atoms with van der Waals surface area (Å²) in [7, 11) is 1.84. The number of halogens is 1. The predicted molar refractivity (Wildman–Crippen MR) is 61.7 cm³/mol. The highest BCUT2D eigenvalue weighted by atomic mass is 79.9. The smallest absolute Gasteiger partial charge is 0.0851 e. The highest BCUT2D eigenvalue weighted by Crippen LogP contribution is 2.23. The average Bonchev–Trinajstić information content (AvgIpc) is 2.44. The van der Waals surface area contributed by atoms with E-state index in [0.29, 0.717) is 6.42 Å². The van der Waals surface area contributed by atoms with Crippen molar-refractivity contribution in [2.75, 3.05) is 0 Å². The molecule has 0 radical (unpaired) electrons. The molecule has 0 aliphatic heterocycles. The van der Waals surface area contributed by atoms with Crippen molar-refractivity contribution < 1.29 is 10.2 Å². The quantitative estimate of drug-likeness (QED) is 0.864. The minimum absolute atomic E-state index is 0.405. The Morgan fingerprint density at radius 3 is 2.47 bits per heavy atom. The van der Waals surface area contributed by atoms with Crippen LogP contribution in [0.25, 0.3) is 0 Å². The summed E-state index contributed by atoms with van der Waals surface area (Å²) in [6.45, 7) is 3.61. The van der Waals surface area contributed by atoms with E-state index in [4.69, 9.17) is 0 Å². The fourth-order valence-corrected chi connectivity index (χ4v) is 2.19. The lowest BCUT2D eigenvalue weighted by atomic mass is 10.1. The second-order valence-electron chi connectivity index (χ2n) is 3.70. The maximum absolute atomic E-state index is 9.60. The van der Waals surface area contributed by atoms with Gasteiger partial charge in [0.1, 0.15) is 0 Å². The summed E-state index contributed by atoms with van der Waals surface area (Å²) in [4.78, 5) is 0. The first-order chi connectivity index (χ1) is 6.97. The van der Waals surface area contributed by atoms with Gasteiger partial charge in [0.25, 0.3) is 0 Å². The first-order valence-electron chi connectivity index (χ1n) is 5.03. The lowest BCUT2D eigenvalue weighted by molar-refractivity contribution is 0.0307. The van der Waals surface area contributed by atoms with Gasteiger partial charge in [-0.15, -0.1) is 0 Å². The minimum atomic E-state index is -0.749. The molecular weight excluding hydrogens is 260 g/mol. The summed E-state index contributed by atoms with van der Waals surface area (Å²) in [6, 6.07) is 0. The molecule has 2 atom stereocenters. The second-order valence-corrected chi connectivity index (χ2v) is 4.49. The van der Waals surface area contributed by atoms with E-state index in [9.17, 15) is 10.2 Å². The third-order valence-electron chi connectivity index (χ3n) is 2.46. The third kappa shape index (κ3) is 2.80. The molecule has 1 rings (SSSR count). The molecule has 0 spiro atoms. The van der Waals surface area contributed by atoms with E-state index in [1.165, 1.54) is 0 Å². The Hall–Kier alpha value is -0.390. The van der Waals surface area contributed by atoms with Gasteiger partial charge in [-0.1, -0.05) is 6.92 Å². The molecule has 1 heterocycles. The Kier molecular flexibility index (Phi) is 4.31. The van der Waals surface area contributed by atoms with Crippen LogP contribution < -0.4 is 0 Å². The zero-order valence-corrected chi connectivity index (χ0v) is 10.8. The Balaban J connectivity index is 2.89. The number of aryl methyl sites for hydroxylation is 2. The van der Waals surface area contributed by atoms with Crippen molar-refractivity contribution in [3.05, 3.63) is 15.9 Å². The van der Waals surface area contributed by atoms with Crippen LogP contribution in [-0.4, -0.2) is 32.2 Å². The van der Waals surface area contributed by atoms with Gasteiger partial charge in [0.05, 0.1) is 28.1 Å². The number of hydrogen-bond acceptors (Lipinski definition) is 3. The lowest BCUT2D eigenvalue weighted by Crippen LogP contribution is -2.26. The Morgan fingerprint density at radius 1 is 1.47 bits per heavy atom. The minimum Gasteiger partial charge on any atom is -0.391 e.